The number of hydrogen-bond acceptors (Lipinski definition) is 2. The lowest BCUT2D eigenvalue weighted by Gasteiger charge is -2.19. The van der Waals surface area contributed by atoms with Gasteiger partial charge in [-0.15, -0.1) is 6.42 Å². The Bertz CT molecular complexity index is 349. The number of hydrogen-bond donors (Lipinski definition) is 2. The van der Waals surface area contributed by atoms with Gasteiger partial charge < -0.3 is 15.3 Å². The highest BCUT2D eigenvalue weighted by atomic mass is 16.4. The van der Waals surface area contributed by atoms with Crippen molar-refractivity contribution < 1.29 is 14.7 Å². The number of nitrogens with zero attached hydrogens (tertiary/aromatic N) is 1. The molecule has 2 N–H and O–H groups in total. The van der Waals surface area contributed by atoms with Gasteiger partial charge in [-0.2, -0.15) is 0 Å². The van der Waals surface area contributed by atoms with Crippen molar-refractivity contribution in [1.82, 2.24) is 10.2 Å². The number of carbonyl (C=O) groups is 2. The van der Waals surface area contributed by atoms with Crippen molar-refractivity contribution in [3.63, 3.8) is 0 Å². The Morgan fingerprint density at radius 1 is 1.61 bits per heavy atom. The Labute approximate surface area is 108 Å². The quantitative estimate of drug-likeness (QED) is 0.724. The van der Waals surface area contributed by atoms with E-state index in [1.165, 1.54) is 0 Å². The first kappa shape index (κ1) is 14.4. The van der Waals surface area contributed by atoms with Gasteiger partial charge in [-0.05, 0) is 25.2 Å². The summed E-state index contributed by atoms with van der Waals surface area (Å²) in [5.41, 5.74) is 0. The summed E-state index contributed by atoms with van der Waals surface area (Å²) in [6, 6.07) is -0.367. The predicted molar refractivity (Wildman–Crippen MR) is 68.0 cm³/mol. The zero-order chi connectivity index (χ0) is 13.5. The van der Waals surface area contributed by atoms with Crippen LogP contribution in [0.4, 0.5) is 4.79 Å². The molecule has 1 rings (SSSR count). The van der Waals surface area contributed by atoms with Gasteiger partial charge in [-0.1, -0.05) is 12.8 Å². The number of urea groups is 1. The van der Waals surface area contributed by atoms with Gasteiger partial charge in [0.05, 0.1) is 6.04 Å². The highest BCUT2D eigenvalue weighted by molar-refractivity contribution is 5.75. The maximum Gasteiger partial charge on any atom is 0.318 e. The maximum absolute atomic E-state index is 11.9. The maximum atomic E-state index is 11.9. The Balaban J connectivity index is 2.35. The first-order chi connectivity index (χ1) is 8.56. The molecule has 2 unspecified atom stereocenters. The molecule has 0 radical (unpaired) electrons. The predicted octanol–water partition coefficient (Wildman–Crippen LogP) is 1.29. The molecule has 2 amide bonds. The third-order valence-electron chi connectivity index (χ3n) is 3.25. The number of amides is 2. The van der Waals surface area contributed by atoms with Crippen molar-refractivity contribution in [2.24, 2.45) is 5.92 Å². The van der Waals surface area contributed by atoms with Crippen molar-refractivity contribution in [1.29, 1.82) is 0 Å². The molecular weight excluding hydrogens is 232 g/mol. The molecule has 0 saturated carbocycles. The lowest BCUT2D eigenvalue weighted by Crippen LogP contribution is -2.43. The SMILES string of the molecule is C#CC(CC)NC(=O)N1CCC(CCC(=O)O)C1. The van der Waals surface area contributed by atoms with Gasteiger partial charge in [0.15, 0.2) is 0 Å². The number of carbonyl (C=O) groups excluding carboxylic acids is 1. The second-order valence-electron chi connectivity index (χ2n) is 4.61. The van der Waals surface area contributed by atoms with Crippen LogP contribution in [-0.4, -0.2) is 41.1 Å². The molecule has 0 aromatic rings. The molecule has 0 spiro atoms. The van der Waals surface area contributed by atoms with Crippen LogP contribution >= 0.6 is 0 Å². The summed E-state index contributed by atoms with van der Waals surface area (Å²) in [6.07, 6.45) is 7.66. The van der Waals surface area contributed by atoms with Crippen molar-refractivity contribution in [3.8, 4) is 12.3 Å². The topological polar surface area (TPSA) is 69.6 Å². The van der Waals surface area contributed by atoms with E-state index in [9.17, 15) is 9.59 Å². The minimum atomic E-state index is -0.781. The summed E-state index contributed by atoms with van der Waals surface area (Å²) in [5, 5.41) is 11.4. The molecular formula is C13H20N2O3. The van der Waals surface area contributed by atoms with E-state index in [4.69, 9.17) is 11.5 Å². The zero-order valence-electron chi connectivity index (χ0n) is 10.7. The van der Waals surface area contributed by atoms with Crippen LogP contribution in [0, 0.1) is 18.3 Å². The molecule has 1 saturated heterocycles. The van der Waals surface area contributed by atoms with E-state index in [0.717, 1.165) is 6.42 Å². The fraction of sp³-hybridized carbons (Fsp3) is 0.692. The summed E-state index contributed by atoms with van der Waals surface area (Å²) in [7, 11) is 0. The molecule has 2 atom stereocenters. The number of rotatable bonds is 5. The third kappa shape index (κ3) is 4.28. The smallest absolute Gasteiger partial charge is 0.318 e. The van der Waals surface area contributed by atoms with Crippen LogP contribution in [0.25, 0.3) is 0 Å². The standard InChI is InChI=1S/C13H20N2O3/c1-3-11(4-2)14-13(18)15-8-7-10(9-15)5-6-12(16)17/h1,10-11H,4-9H2,2H3,(H,14,18)(H,16,17). The molecule has 0 bridgehead atoms. The number of nitrogens with one attached hydrogen (secondary N) is 1. The number of likely N-dealkylation sites (tertiary alicyclic amines) is 1. The van der Waals surface area contributed by atoms with Gasteiger partial charge in [-0.25, -0.2) is 4.79 Å². The Morgan fingerprint density at radius 2 is 2.33 bits per heavy atom. The molecule has 1 aliphatic rings. The van der Waals surface area contributed by atoms with Gasteiger partial charge in [0.25, 0.3) is 0 Å². The van der Waals surface area contributed by atoms with E-state index in [1.807, 2.05) is 6.92 Å². The molecule has 5 heteroatoms. The number of aliphatic carboxylic acids is 1. The van der Waals surface area contributed by atoms with Crippen LogP contribution in [0.1, 0.15) is 32.6 Å². The van der Waals surface area contributed by atoms with E-state index in [1.54, 1.807) is 4.90 Å². The fourth-order valence-electron chi connectivity index (χ4n) is 2.08. The van der Waals surface area contributed by atoms with Crippen LogP contribution in [0.3, 0.4) is 0 Å². The normalized spacial score (nSPS) is 20.2. The highest BCUT2D eigenvalue weighted by Gasteiger charge is 2.27. The zero-order valence-corrected chi connectivity index (χ0v) is 10.7. The lowest BCUT2D eigenvalue weighted by molar-refractivity contribution is -0.137. The van der Waals surface area contributed by atoms with Gasteiger partial charge >= 0.3 is 12.0 Å². The molecule has 5 nitrogen and oxygen atoms in total. The Hall–Kier alpha value is -1.70. The summed E-state index contributed by atoms with van der Waals surface area (Å²) in [5.74, 6) is 2.03. The summed E-state index contributed by atoms with van der Waals surface area (Å²) >= 11 is 0. The molecule has 0 aromatic heterocycles. The van der Waals surface area contributed by atoms with Crippen LogP contribution in [-0.2, 0) is 4.79 Å². The Morgan fingerprint density at radius 3 is 2.89 bits per heavy atom. The first-order valence-corrected chi connectivity index (χ1v) is 6.30. The van der Waals surface area contributed by atoms with Crippen molar-refractivity contribution in [2.75, 3.05) is 13.1 Å². The van der Waals surface area contributed by atoms with Crippen LogP contribution in [0.2, 0.25) is 0 Å². The van der Waals surface area contributed by atoms with E-state index in [2.05, 4.69) is 11.2 Å². The third-order valence-corrected chi connectivity index (χ3v) is 3.25. The monoisotopic (exact) mass is 252 g/mol. The van der Waals surface area contributed by atoms with Crippen LogP contribution in [0.5, 0.6) is 0 Å². The fourth-order valence-corrected chi connectivity index (χ4v) is 2.08. The highest BCUT2D eigenvalue weighted by Crippen LogP contribution is 2.21. The molecule has 1 aliphatic heterocycles. The van der Waals surface area contributed by atoms with Crippen LogP contribution < -0.4 is 5.32 Å². The van der Waals surface area contributed by atoms with Gasteiger partial charge in [0, 0.05) is 19.5 Å². The van der Waals surface area contributed by atoms with Crippen molar-refractivity contribution >= 4 is 12.0 Å². The second kappa shape index (κ2) is 6.90. The summed E-state index contributed by atoms with van der Waals surface area (Å²) in [4.78, 5) is 24.1. The van der Waals surface area contributed by atoms with Crippen molar-refractivity contribution in [2.45, 2.75) is 38.6 Å². The molecule has 100 valence electrons. The number of carboxylic acids is 1. The number of carboxylic acid groups (broad SMARTS) is 1. The van der Waals surface area contributed by atoms with E-state index >= 15 is 0 Å². The van der Waals surface area contributed by atoms with Gasteiger partial charge in [0.2, 0.25) is 0 Å². The molecule has 0 aliphatic carbocycles. The Kier molecular flexibility index (Phi) is 5.50. The molecule has 1 fully saturated rings. The molecule has 18 heavy (non-hydrogen) atoms. The van der Waals surface area contributed by atoms with E-state index < -0.39 is 5.97 Å². The summed E-state index contributed by atoms with van der Waals surface area (Å²) < 4.78 is 0. The lowest BCUT2D eigenvalue weighted by atomic mass is 10.0. The first-order valence-electron chi connectivity index (χ1n) is 6.30. The molecule has 0 aromatic carbocycles. The second-order valence-corrected chi connectivity index (χ2v) is 4.61. The van der Waals surface area contributed by atoms with Crippen LogP contribution in [0.15, 0.2) is 0 Å². The molecule has 1 heterocycles. The average molecular weight is 252 g/mol. The van der Waals surface area contributed by atoms with Crippen molar-refractivity contribution in [3.05, 3.63) is 0 Å². The van der Waals surface area contributed by atoms with E-state index in [0.29, 0.717) is 25.9 Å². The minimum absolute atomic E-state index is 0.141. The number of terminal acetylenes is 1. The van der Waals surface area contributed by atoms with Gasteiger partial charge in [-0.3, -0.25) is 4.79 Å². The van der Waals surface area contributed by atoms with E-state index in [-0.39, 0.29) is 24.4 Å². The largest absolute Gasteiger partial charge is 0.481 e. The minimum Gasteiger partial charge on any atom is -0.481 e. The average Bonchev–Trinajstić information content (AvgIpc) is 2.82. The van der Waals surface area contributed by atoms with Gasteiger partial charge in [0.1, 0.15) is 0 Å². The summed E-state index contributed by atoms with van der Waals surface area (Å²) in [6.45, 7) is 3.22.